The van der Waals surface area contributed by atoms with Crippen molar-refractivity contribution >= 4 is 5.91 Å². The van der Waals surface area contributed by atoms with Crippen molar-refractivity contribution in [2.75, 3.05) is 19.8 Å². The van der Waals surface area contributed by atoms with Gasteiger partial charge in [-0.1, -0.05) is 30.3 Å². The number of likely N-dealkylation sites (tertiary alicyclic amines) is 1. The lowest BCUT2D eigenvalue weighted by Gasteiger charge is -2.28. The van der Waals surface area contributed by atoms with Gasteiger partial charge in [-0.25, -0.2) is 0 Å². The number of carbonyl (C=O) groups is 1. The summed E-state index contributed by atoms with van der Waals surface area (Å²) >= 11 is 0. The molecule has 1 aromatic rings. The zero-order valence-corrected chi connectivity index (χ0v) is 11.7. The summed E-state index contributed by atoms with van der Waals surface area (Å²) in [5, 5.41) is 0. The summed E-state index contributed by atoms with van der Waals surface area (Å²) in [6.07, 6.45) is 3.12. The molecule has 2 aliphatic heterocycles. The van der Waals surface area contributed by atoms with E-state index in [1.165, 1.54) is 5.56 Å². The Morgan fingerprint density at radius 3 is 2.80 bits per heavy atom. The van der Waals surface area contributed by atoms with Gasteiger partial charge in [0.15, 0.2) is 0 Å². The molecule has 0 aliphatic carbocycles. The zero-order chi connectivity index (χ0) is 13.9. The summed E-state index contributed by atoms with van der Waals surface area (Å²) in [5.74, 6) is 0.0415. The molecule has 4 heteroatoms. The first-order valence-electron chi connectivity index (χ1n) is 7.43. The number of nitrogens with zero attached hydrogens (tertiary/aromatic N) is 1. The highest BCUT2D eigenvalue weighted by Gasteiger charge is 2.38. The molecule has 2 aliphatic rings. The summed E-state index contributed by atoms with van der Waals surface area (Å²) in [4.78, 5) is 14.7. The highest BCUT2D eigenvalue weighted by atomic mass is 16.5. The molecule has 3 rings (SSSR count). The van der Waals surface area contributed by atoms with Crippen LogP contribution in [-0.4, -0.2) is 42.6 Å². The summed E-state index contributed by atoms with van der Waals surface area (Å²) in [7, 11) is 0. The van der Waals surface area contributed by atoms with Crippen molar-refractivity contribution < 1.29 is 9.53 Å². The maximum atomic E-state index is 12.6. The molecule has 0 saturated carbocycles. The van der Waals surface area contributed by atoms with Crippen LogP contribution in [-0.2, 0) is 16.0 Å². The van der Waals surface area contributed by atoms with Gasteiger partial charge in [0.1, 0.15) is 0 Å². The standard InChI is InChI=1S/C16H22N2O2/c17-15-11-20-10-14(15)16(19)18-8-4-7-13(18)9-12-5-2-1-3-6-12/h1-3,5-6,13-15H,4,7-11,17H2. The monoisotopic (exact) mass is 274 g/mol. The van der Waals surface area contributed by atoms with Crippen molar-refractivity contribution in [3.8, 4) is 0 Å². The van der Waals surface area contributed by atoms with E-state index in [1.807, 2.05) is 11.0 Å². The molecule has 1 aromatic carbocycles. The molecule has 2 fully saturated rings. The normalized spacial score (nSPS) is 29.9. The van der Waals surface area contributed by atoms with Gasteiger partial charge in [0.2, 0.25) is 5.91 Å². The van der Waals surface area contributed by atoms with Crippen LogP contribution in [0.3, 0.4) is 0 Å². The molecule has 3 unspecified atom stereocenters. The predicted octanol–water partition coefficient (Wildman–Crippen LogP) is 1.19. The van der Waals surface area contributed by atoms with E-state index in [0.29, 0.717) is 19.3 Å². The number of amides is 1. The molecule has 0 radical (unpaired) electrons. The molecule has 1 amide bonds. The largest absolute Gasteiger partial charge is 0.379 e. The van der Waals surface area contributed by atoms with Crippen molar-refractivity contribution in [1.82, 2.24) is 4.90 Å². The Hall–Kier alpha value is -1.39. The molecule has 2 saturated heterocycles. The second-order valence-electron chi connectivity index (χ2n) is 5.83. The Morgan fingerprint density at radius 1 is 1.30 bits per heavy atom. The van der Waals surface area contributed by atoms with Crippen LogP contribution in [0.5, 0.6) is 0 Å². The van der Waals surface area contributed by atoms with Crippen molar-refractivity contribution in [3.05, 3.63) is 35.9 Å². The molecule has 0 aromatic heterocycles. The van der Waals surface area contributed by atoms with Gasteiger partial charge in [0, 0.05) is 18.6 Å². The average Bonchev–Trinajstić information content (AvgIpc) is 3.08. The number of rotatable bonds is 3. The third kappa shape index (κ3) is 2.72. The molecule has 4 nitrogen and oxygen atoms in total. The van der Waals surface area contributed by atoms with E-state index in [0.717, 1.165) is 25.8 Å². The Kier molecular flexibility index (Phi) is 4.03. The second-order valence-corrected chi connectivity index (χ2v) is 5.83. The second kappa shape index (κ2) is 5.94. The van der Waals surface area contributed by atoms with E-state index in [9.17, 15) is 4.79 Å². The predicted molar refractivity (Wildman–Crippen MR) is 77.2 cm³/mol. The summed E-state index contributed by atoms with van der Waals surface area (Å²) in [6, 6.07) is 10.6. The number of hydrogen-bond donors (Lipinski definition) is 1. The van der Waals surface area contributed by atoms with Crippen molar-refractivity contribution in [2.45, 2.75) is 31.3 Å². The van der Waals surface area contributed by atoms with E-state index in [1.54, 1.807) is 0 Å². The number of nitrogens with two attached hydrogens (primary N) is 1. The first-order chi connectivity index (χ1) is 9.75. The van der Waals surface area contributed by atoms with Crippen molar-refractivity contribution in [1.29, 1.82) is 0 Å². The molecule has 0 spiro atoms. The molecule has 3 atom stereocenters. The third-order valence-corrected chi connectivity index (χ3v) is 4.42. The molecule has 108 valence electrons. The van der Waals surface area contributed by atoms with E-state index in [-0.39, 0.29) is 17.9 Å². The van der Waals surface area contributed by atoms with Crippen LogP contribution < -0.4 is 5.73 Å². The maximum Gasteiger partial charge on any atom is 0.229 e. The first kappa shape index (κ1) is 13.6. The van der Waals surface area contributed by atoms with Crippen LogP contribution in [0.15, 0.2) is 30.3 Å². The number of ether oxygens (including phenoxy) is 1. The van der Waals surface area contributed by atoms with Gasteiger partial charge in [-0.2, -0.15) is 0 Å². The van der Waals surface area contributed by atoms with Gasteiger partial charge < -0.3 is 15.4 Å². The smallest absolute Gasteiger partial charge is 0.229 e. The molecule has 20 heavy (non-hydrogen) atoms. The van der Waals surface area contributed by atoms with E-state index in [2.05, 4.69) is 24.3 Å². The number of hydrogen-bond acceptors (Lipinski definition) is 3. The Balaban J connectivity index is 1.67. The highest BCUT2D eigenvalue weighted by Crippen LogP contribution is 2.25. The van der Waals surface area contributed by atoms with Crippen LogP contribution in [0.4, 0.5) is 0 Å². The van der Waals surface area contributed by atoms with Gasteiger partial charge in [0.25, 0.3) is 0 Å². The van der Waals surface area contributed by atoms with Crippen LogP contribution in [0.25, 0.3) is 0 Å². The van der Waals surface area contributed by atoms with E-state index in [4.69, 9.17) is 10.5 Å². The number of benzene rings is 1. The minimum absolute atomic E-state index is 0.138. The minimum atomic E-state index is -0.147. The van der Waals surface area contributed by atoms with Gasteiger partial charge in [-0.05, 0) is 24.8 Å². The summed E-state index contributed by atoms with van der Waals surface area (Å²) in [5.41, 5.74) is 7.27. The minimum Gasteiger partial charge on any atom is -0.379 e. The maximum absolute atomic E-state index is 12.6. The fraction of sp³-hybridized carbons (Fsp3) is 0.562. The Labute approximate surface area is 119 Å². The first-order valence-corrected chi connectivity index (χ1v) is 7.43. The Bertz CT molecular complexity index is 463. The molecular weight excluding hydrogens is 252 g/mol. The van der Waals surface area contributed by atoms with Gasteiger partial charge >= 0.3 is 0 Å². The van der Waals surface area contributed by atoms with E-state index < -0.39 is 0 Å². The molecule has 2 heterocycles. The van der Waals surface area contributed by atoms with Crippen molar-refractivity contribution in [3.63, 3.8) is 0 Å². The fourth-order valence-electron chi connectivity index (χ4n) is 3.26. The third-order valence-electron chi connectivity index (χ3n) is 4.42. The van der Waals surface area contributed by atoms with Gasteiger partial charge in [-0.3, -0.25) is 4.79 Å². The molecule has 0 bridgehead atoms. The average molecular weight is 274 g/mol. The topological polar surface area (TPSA) is 55.6 Å². The van der Waals surface area contributed by atoms with Crippen LogP contribution in [0.1, 0.15) is 18.4 Å². The molecule has 2 N–H and O–H groups in total. The lowest BCUT2D eigenvalue weighted by atomic mass is 10.00. The Morgan fingerprint density at radius 2 is 2.10 bits per heavy atom. The van der Waals surface area contributed by atoms with Crippen molar-refractivity contribution in [2.24, 2.45) is 11.7 Å². The quantitative estimate of drug-likeness (QED) is 0.901. The zero-order valence-electron chi connectivity index (χ0n) is 11.7. The van der Waals surface area contributed by atoms with Crippen LogP contribution in [0.2, 0.25) is 0 Å². The summed E-state index contributed by atoms with van der Waals surface area (Å²) in [6.45, 7) is 1.85. The van der Waals surface area contributed by atoms with Gasteiger partial charge in [-0.15, -0.1) is 0 Å². The lowest BCUT2D eigenvalue weighted by molar-refractivity contribution is -0.136. The summed E-state index contributed by atoms with van der Waals surface area (Å²) < 4.78 is 5.33. The number of carbonyl (C=O) groups excluding carboxylic acids is 1. The van der Waals surface area contributed by atoms with Gasteiger partial charge in [0.05, 0.1) is 19.1 Å². The van der Waals surface area contributed by atoms with Crippen LogP contribution in [0, 0.1) is 5.92 Å². The van der Waals surface area contributed by atoms with E-state index >= 15 is 0 Å². The molecular formula is C16H22N2O2. The SMILES string of the molecule is NC1COCC1C(=O)N1CCCC1Cc1ccccc1. The van der Waals surface area contributed by atoms with Crippen LogP contribution >= 0.6 is 0 Å². The fourth-order valence-corrected chi connectivity index (χ4v) is 3.26. The highest BCUT2D eigenvalue weighted by molar-refractivity contribution is 5.80. The lowest BCUT2D eigenvalue weighted by Crippen LogP contribution is -2.46.